The number of nitrogens with two attached hydrogens (primary N) is 1. The van der Waals surface area contributed by atoms with Crippen LogP contribution in [0, 0.1) is 0 Å². The van der Waals surface area contributed by atoms with Crippen LogP contribution in [-0.2, 0) is 7.05 Å². The molecule has 0 unspecified atom stereocenters. The highest BCUT2D eigenvalue weighted by Crippen LogP contribution is 2.27. The molecule has 0 amide bonds. The van der Waals surface area contributed by atoms with Crippen molar-refractivity contribution in [2.24, 2.45) is 17.8 Å². The molecule has 1 atom stereocenters. The Labute approximate surface area is 129 Å². The second-order valence-corrected chi connectivity index (χ2v) is 5.79. The third-order valence-electron chi connectivity index (χ3n) is 3.93. The molecule has 0 aliphatic carbocycles. The molecule has 0 saturated carbocycles. The summed E-state index contributed by atoms with van der Waals surface area (Å²) in [5.41, 5.74) is 9.11. The Balaban J connectivity index is 2.34. The monoisotopic (exact) mass is 296 g/mol. The number of aliphatic imine (C=N–C) groups is 1. The van der Waals surface area contributed by atoms with Gasteiger partial charge in [-0.15, -0.1) is 0 Å². The molecule has 0 saturated heterocycles. The Morgan fingerprint density at radius 1 is 1.32 bits per heavy atom. The number of pyridine rings is 1. The minimum Gasteiger partial charge on any atom is -0.349 e. The van der Waals surface area contributed by atoms with Crippen molar-refractivity contribution in [1.29, 1.82) is 0 Å². The molecule has 1 aromatic heterocycles. The first-order valence-corrected chi connectivity index (χ1v) is 7.37. The molecule has 0 radical (unpaired) electrons. The van der Waals surface area contributed by atoms with E-state index in [1.807, 2.05) is 43.6 Å². The molecule has 2 heterocycles. The Bertz CT molecular complexity index is 859. The van der Waals surface area contributed by atoms with E-state index in [0.717, 1.165) is 28.6 Å². The molecule has 114 valence electrons. The van der Waals surface area contributed by atoms with E-state index in [0.29, 0.717) is 5.39 Å². The average molecular weight is 296 g/mol. The van der Waals surface area contributed by atoms with Crippen LogP contribution < -0.4 is 16.6 Å². The zero-order chi connectivity index (χ0) is 15.9. The number of nitrogens with one attached hydrogen (secondary N) is 1. The molecule has 1 aliphatic heterocycles. The quantitative estimate of drug-likeness (QED) is 0.890. The van der Waals surface area contributed by atoms with E-state index < -0.39 is 5.79 Å². The van der Waals surface area contributed by atoms with Crippen molar-refractivity contribution in [3.8, 4) is 0 Å². The van der Waals surface area contributed by atoms with E-state index in [9.17, 15) is 4.79 Å². The van der Waals surface area contributed by atoms with Gasteiger partial charge in [0, 0.05) is 30.4 Å². The predicted octanol–water partition coefficient (Wildman–Crippen LogP) is 1.97. The van der Waals surface area contributed by atoms with E-state index in [2.05, 4.69) is 17.2 Å². The lowest BCUT2D eigenvalue weighted by atomic mass is 9.99. The zero-order valence-corrected chi connectivity index (χ0v) is 13.1. The first kappa shape index (κ1) is 14.5. The van der Waals surface area contributed by atoms with Crippen LogP contribution in [0.15, 0.2) is 45.8 Å². The van der Waals surface area contributed by atoms with E-state index in [-0.39, 0.29) is 5.56 Å². The van der Waals surface area contributed by atoms with Crippen molar-refractivity contribution in [1.82, 2.24) is 9.88 Å². The van der Waals surface area contributed by atoms with Gasteiger partial charge in [0.05, 0.1) is 5.70 Å². The summed E-state index contributed by atoms with van der Waals surface area (Å²) in [5, 5.41) is 4.92. The van der Waals surface area contributed by atoms with Crippen molar-refractivity contribution in [2.45, 2.75) is 26.1 Å². The Morgan fingerprint density at radius 3 is 2.68 bits per heavy atom. The largest absolute Gasteiger partial charge is 0.349 e. The van der Waals surface area contributed by atoms with Crippen LogP contribution in [0.3, 0.4) is 0 Å². The number of hydrogen-bond acceptors (Lipinski definition) is 4. The lowest BCUT2D eigenvalue weighted by Crippen LogP contribution is -2.50. The van der Waals surface area contributed by atoms with Crippen molar-refractivity contribution in [2.75, 3.05) is 0 Å². The summed E-state index contributed by atoms with van der Waals surface area (Å²) >= 11 is 0. The van der Waals surface area contributed by atoms with Crippen molar-refractivity contribution in [3.05, 3.63) is 52.0 Å². The molecule has 1 aromatic carbocycles. The SMILES string of the molecule is CCC1=C(c2cn(C)c(=O)c3ccccc23)N[C@](C)(N)N=C1. The fraction of sp³-hybridized carbons (Fsp3) is 0.294. The Hall–Kier alpha value is -2.40. The fourth-order valence-corrected chi connectivity index (χ4v) is 2.77. The zero-order valence-electron chi connectivity index (χ0n) is 13.1. The van der Waals surface area contributed by atoms with Gasteiger partial charge >= 0.3 is 0 Å². The van der Waals surface area contributed by atoms with Gasteiger partial charge in [-0.25, -0.2) is 0 Å². The lowest BCUT2D eigenvalue weighted by molar-refractivity contribution is 0.445. The second kappa shape index (κ2) is 5.10. The van der Waals surface area contributed by atoms with Gasteiger partial charge in [-0.05, 0) is 30.4 Å². The number of aromatic nitrogens is 1. The van der Waals surface area contributed by atoms with Gasteiger partial charge < -0.3 is 9.88 Å². The molecule has 3 N–H and O–H groups in total. The molecular weight excluding hydrogens is 276 g/mol. The van der Waals surface area contributed by atoms with Crippen LogP contribution in [0.1, 0.15) is 25.8 Å². The molecule has 2 aromatic rings. The molecule has 0 bridgehead atoms. The third-order valence-corrected chi connectivity index (χ3v) is 3.93. The molecule has 3 rings (SSSR count). The molecule has 5 nitrogen and oxygen atoms in total. The van der Waals surface area contributed by atoms with E-state index >= 15 is 0 Å². The first-order chi connectivity index (χ1) is 10.4. The average Bonchev–Trinajstić information content (AvgIpc) is 2.50. The van der Waals surface area contributed by atoms with Crippen LogP contribution in [0.4, 0.5) is 0 Å². The maximum absolute atomic E-state index is 12.3. The van der Waals surface area contributed by atoms with Crippen molar-refractivity contribution >= 4 is 22.7 Å². The van der Waals surface area contributed by atoms with Gasteiger partial charge in [-0.1, -0.05) is 25.1 Å². The predicted molar refractivity (Wildman–Crippen MR) is 90.6 cm³/mol. The van der Waals surface area contributed by atoms with Crippen LogP contribution in [0.25, 0.3) is 16.5 Å². The van der Waals surface area contributed by atoms with Crippen LogP contribution >= 0.6 is 0 Å². The number of hydrogen-bond donors (Lipinski definition) is 2. The fourth-order valence-electron chi connectivity index (χ4n) is 2.77. The number of benzene rings is 1. The topological polar surface area (TPSA) is 72.4 Å². The number of allylic oxidation sites excluding steroid dienone is 1. The number of nitrogens with zero attached hydrogens (tertiary/aromatic N) is 2. The minimum atomic E-state index is -0.843. The molecule has 5 heteroatoms. The summed E-state index contributed by atoms with van der Waals surface area (Å²) in [5.74, 6) is -0.843. The minimum absolute atomic E-state index is 0.00187. The number of rotatable bonds is 2. The number of aryl methyl sites for hydroxylation is 1. The van der Waals surface area contributed by atoms with Crippen LogP contribution in [0.5, 0.6) is 0 Å². The summed E-state index contributed by atoms with van der Waals surface area (Å²) in [6, 6.07) is 7.64. The summed E-state index contributed by atoms with van der Waals surface area (Å²) in [7, 11) is 1.77. The van der Waals surface area contributed by atoms with Gasteiger partial charge in [0.15, 0.2) is 5.79 Å². The summed E-state index contributed by atoms with van der Waals surface area (Å²) in [4.78, 5) is 16.6. The van der Waals surface area contributed by atoms with Gasteiger partial charge in [0.25, 0.3) is 5.56 Å². The van der Waals surface area contributed by atoms with Gasteiger partial charge in [-0.2, -0.15) is 0 Å². The smallest absolute Gasteiger partial charge is 0.258 e. The summed E-state index contributed by atoms with van der Waals surface area (Å²) in [6.45, 7) is 3.90. The van der Waals surface area contributed by atoms with Crippen LogP contribution in [-0.4, -0.2) is 16.6 Å². The molecule has 1 aliphatic rings. The maximum Gasteiger partial charge on any atom is 0.258 e. The highest BCUT2D eigenvalue weighted by atomic mass is 16.1. The van der Waals surface area contributed by atoms with E-state index in [1.165, 1.54) is 0 Å². The standard InChI is InChI=1S/C17H20N4O/c1-4-11-9-19-17(2,18)20-15(11)14-10-21(3)16(22)13-8-6-5-7-12(13)14/h5-10,20H,4,18H2,1-3H3/t17-/m1/s1. The second-order valence-electron chi connectivity index (χ2n) is 5.79. The van der Waals surface area contributed by atoms with E-state index in [4.69, 9.17) is 5.73 Å². The Kier molecular flexibility index (Phi) is 3.37. The molecule has 0 spiro atoms. The van der Waals surface area contributed by atoms with E-state index in [1.54, 1.807) is 11.6 Å². The van der Waals surface area contributed by atoms with Gasteiger partial charge in [0.2, 0.25) is 0 Å². The highest BCUT2D eigenvalue weighted by Gasteiger charge is 2.25. The summed E-state index contributed by atoms with van der Waals surface area (Å²) < 4.78 is 1.61. The summed E-state index contributed by atoms with van der Waals surface area (Å²) in [6.07, 6.45) is 4.52. The molecular formula is C17H20N4O. The van der Waals surface area contributed by atoms with Crippen molar-refractivity contribution < 1.29 is 0 Å². The van der Waals surface area contributed by atoms with Gasteiger partial charge in [0.1, 0.15) is 0 Å². The van der Waals surface area contributed by atoms with Crippen molar-refractivity contribution in [3.63, 3.8) is 0 Å². The van der Waals surface area contributed by atoms with Gasteiger partial charge in [-0.3, -0.25) is 15.5 Å². The first-order valence-electron chi connectivity index (χ1n) is 7.37. The molecule has 0 fully saturated rings. The third kappa shape index (κ3) is 2.33. The number of fused-ring (bicyclic) bond motifs is 1. The lowest BCUT2D eigenvalue weighted by Gasteiger charge is -2.30. The van der Waals surface area contributed by atoms with Crippen LogP contribution in [0.2, 0.25) is 0 Å². The normalized spacial score (nSPS) is 21.3. The molecule has 22 heavy (non-hydrogen) atoms. The maximum atomic E-state index is 12.3. The highest BCUT2D eigenvalue weighted by molar-refractivity contribution is 5.99. The Morgan fingerprint density at radius 2 is 2.00 bits per heavy atom.